The predicted molar refractivity (Wildman–Crippen MR) is 118 cm³/mol. The van der Waals surface area contributed by atoms with Crippen LogP contribution in [-0.4, -0.2) is 45.6 Å². The van der Waals surface area contributed by atoms with Crippen LogP contribution in [0.2, 0.25) is 0 Å². The first-order valence-electron chi connectivity index (χ1n) is 10.2. The van der Waals surface area contributed by atoms with Gasteiger partial charge in [0.15, 0.2) is 0 Å². The Hall–Kier alpha value is -3.20. The SMILES string of the molecule is CCOC(=O)C1CCCN(C(=O)Cn2c(=O)n(-c3ccccc3)c(=O)c3sccc32)C1. The molecule has 1 aliphatic rings. The maximum atomic E-state index is 13.3. The first kappa shape index (κ1) is 21.0. The van der Waals surface area contributed by atoms with E-state index in [0.29, 0.717) is 41.9 Å². The number of carbonyl (C=O) groups excluding carboxylic acids is 2. The molecule has 1 unspecified atom stereocenters. The summed E-state index contributed by atoms with van der Waals surface area (Å²) in [6.07, 6.45) is 1.37. The van der Waals surface area contributed by atoms with Gasteiger partial charge in [0.05, 0.1) is 23.7 Å². The number of amides is 1. The van der Waals surface area contributed by atoms with E-state index in [-0.39, 0.29) is 30.9 Å². The van der Waals surface area contributed by atoms with Crippen LogP contribution >= 0.6 is 11.3 Å². The molecule has 4 rings (SSSR count). The molecular weight excluding hydrogens is 418 g/mol. The van der Waals surface area contributed by atoms with E-state index in [9.17, 15) is 19.2 Å². The normalized spacial score (nSPS) is 16.4. The van der Waals surface area contributed by atoms with Crippen molar-refractivity contribution in [3.63, 3.8) is 0 Å². The molecule has 9 heteroatoms. The zero-order chi connectivity index (χ0) is 22.0. The zero-order valence-electron chi connectivity index (χ0n) is 17.2. The van der Waals surface area contributed by atoms with Gasteiger partial charge in [0, 0.05) is 13.1 Å². The third kappa shape index (κ3) is 4.05. The fraction of sp³-hybridized carbons (Fsp3) is 0.364. The van der Waals surface area contributed by atoms with Gasteiger partial charge >= 0.3 is 11.7 Å². The van der Waals surface area contributed by atoms with Crippen LogP contribution in [0.1, 0.15) is 19.8 Å². The van der Waals surface area contributed by atoms with Crippen LogP contribution in [0.5, 0.6) is 0 Å². The molecule has 0 spiro atoms. The van der Waals surface area contributed by atoms with Crippen molar-refractivity contribution in [2.75, 3.05) is 19.7 Å². The Morgan fingerprint density at radius 1 is 1.16 bits per heavy atom. The summed E-state index contributed by atoms with van der Waals surface area (Å²) in [5.74, 6) is -0.911. The van der Waals surface area contributed by atoms with Crippen molar-refractivity contribution in [1.29, 1.82) is 0 Å². The van der Waals surface area contributed by atoms with Crippen LogP contribution in [0.25, 0.3) is 15.9 Å². The summed E-state index contributed by atoms with van der Waals surface area (Å²) < 4.78 is 7.96. The lowest BCUT2D eigenvalue weighted by Crippen LogP contribution is -2.46. The van der Waals surface area contributed by atoms with Gasteiger partial charge in [-0.05, 0) is 43.3 Å². The number of hydrogen-bond acceptors (Lipinski definition) is 6. The van der Waals surface area contributed by atoms with Gasteiger partial charge < -0.3 is 9.64 Å². The lowest BCUT2D eigenvalue weighted by Gasteiger charge is -2.31. The topological polar surface area (TPSA) is 90.6 Å². The maximum absolute atomic E-state index is 13.3. The number of thiophene rings is 1. The van der Waals surface area contributed by atoms with Gasteiger partial charge in [-0.15, -0.1) is 11.3 Å². The van der Waals surface area contributed by atoms with Crippen molar-refractivity contribution in [3.05, 3.63) is 62.6 Å². The molecule has 8 nitrogen and oxygen atoms in total. The third-order valence-corrected chi connectivity index (χ3v) is 6.35. The predicted octanol–water partition coefficient (Wildman–Crippen LogP) is 2.02. The van der Waals surface area contributed by atoms with Crippen molar-refractivity contribution in [3.8, 4) is 5.69 Å². The number of rotatable bonds is 5. The molecule has 0 aliphatic carbocycles. The molecule has 3 heterocycles. The molecule has 0 bridgehead atoms. The molecule has 31 heavy (non-hydrogen) atoms. The monoisotopic (exact) mass is 441 g/mol. The molecule has 0 radical (unpaired) electrons. The third-order valence-electron chi connectivity index (χ3n) is 5.46. The minimum Gasteiger partial charge on any atom is -0.466 e. The summed E-state index contributed by atoms with van der Waals surface area (Å²) in [7, 11) is 0. The van der Waals surface area contributed by atoms with Gasteiger partial charge in [-0.1, -0.05) is 18.2 Å². The smallest absolute Gasteiger partial charge is 0.336 e. The second-order valence-corrected chi connectivity index (χ2v) is 8.33. The number of carbonyl (C=O) groups is 2. The van der Waals surface area contributed by atoms with Crippen molar-refractivity contribution < 1.29 is 14.3 Å². The zero-order valence-corrected chi connectivity index (χ0v) is 18.0. The van der Waals surface area contributed by atoms with Gasteiger partial charge in [-0.2, -0.15) is 0 Å². The highest BCUT2D eigenvalue weighted by Crippen LogP contribution is 2.20. The van der Waals surface area contributed by atoms with Crippen molar-refractivity contribution in [1.82, 2.24) is 14.0 Å². The number of para-hydroxylation sites is 1. The van der Waals surface area contributed by atoms with E-state index in [0.717, 1.165) is 4.57 Å². The minimum atomic E-state index is -0.561. The summed E-state index contributed by atoms with van der Waals surface area (Å²) in [6.45, 7) is 2.65. The van der Waals surface area contributed by atoms with E-state index in [1.165, 1.54) is 15.9 Å². The summed E-state index contributed by atoms with van der Waals surface area (Å²) >= 11 is 1.24. The molecule has 1 aromatic carbocycles. The van der Waals surface area contributed by atoms with Crippen molar-refractivity contribution in [2.24, 2.45) is 5.92 Å². The first-order chi connectivity index (χ1) is 15.0. The Balaban J connectivity index is 1.68. The minimum absolute atomic E-state index is 0.200. The molecule has 1 amide bonds. The highest BCUT2D eigenvalue weighted by atomic mass is 32.1. The highest BCUT2D eigenvalue weighted by Gasteiger charge is 2.30. The second-order valence-electron chi connectivity index (χ2n) is 7.41. The van der Waals surface area contributed by atoms with Crippen LogP contribution in [0.4, 0.5) is 0 Å². The van der Waals surface area contributed by atoms with E-state index in [2.05, 4.69) is 0 Å². The van der Waals surface area contributed by atoms with E-state index in [1.807, 2.05) is 0 Å². The lowest BCUT2D eigenvalue weighted by molar-refractivity contribution is -0.151. The Morgan fingerprint density at radius 3 is 2.68 bits per heavy atom. The van der Waals surface area contributed by atoms with E-state index < -0.39 is 11.2 Å². The average Bonchev–Trinajstić information content (AvgIpc) is 3.28. The maximum Gasteiger partial charge on any atom is 0.336 e. The molecule has 1 aliphatic heterocycles. The number of benzene rings is 1. The Bertz CT molecular complexity index is 1230. The fourth-order valence-corrected chi connectivity index (χ4v) is 4.76. The number of hydrogen-bond donors (Lipinski definition) is 0. The highest BCUT2D eigenvalue weighted by molar-refractivity contribution is 7.17. The number of fused-ring (bicyclic) bond motifs is 1. The molecule has 1 atom stereocenters. The van der Waals surface area contributed by atoms with Crippen LogP contribution in [-0.2, 0) is 20.9 Å². The van der Waals surface area contributed by atoms with E-state index in [1.54, 1.807) is 53.6 Å². The van der Waals surface area contributed by atoms with Crippen LogP contribution < -0.4 is 11.2 Å². The summed E-state index contributed by atoms with van der Waals surface area (Å²) in [4.78, 5) is 53.0. The summed E-state index contributed by atoms with van der Waals surface area (Å²) in [5, 5.41) is 1.74. The Labute approximate surface area is 182 Å². The van der Waals surface area contributed by atoms with Gasteiger partial charge in [-0.3, -0.25) is 19.0 Å². The van der Waals surface area contributed by atoms with Crippen molar-refractivity contribution >= 4 is 33.4 Å². The molecule has 0 saturated carbocycles. The molecule has 1 saturated heterocycles. The fourth-order valence-electron chi connectivity index (χ4n) is 3.94. The van der Waals surface area contributed by atoms with Crippen LogP contribution in [0.15, 0.2) is 51.4 Å². The molecular formula is C22H23N3O5S. The quantitative estimate of drug-likeness (QED) is 0.565. The molecule has 1 fully saturated rings. The first-order valence-corrected chi connectivity index (χ1v) is 11.1. The number of esters is 1. The average molecular weight is 442 g/mol. The molecule has 0 N–H and O–H groups in total. The van der Waals surface area contributed by atoms with Crippen LogP contribution in [0.3, 0.4) is 0 Å². The molecule has 3 aromatic rings. The van der Waals surface area contributed by atoms with Gasteiger partial charge in [-0.25, -0.2) is 9.36 Å². The molecule has 162 valence electrons. The van der Waals surface area contributed by atoms with E-state index in [4.69, 9.17) is 4.74 Å². The van der Waals surface area contributed by atoms with Gasteiger partial charge in [0.25, 0.3) is 5.56 Å². The summed E-state index contributed by atoms with van der Waals surface area (Å²) in [6, 6.07) is 10.3. The number of ether oxygens (including phenoxy) is 1. The van der Waals surface area contributed by atoms with E-state index >= 15 is 0 Å². The second kappa shape index (κ2) is 8.89. The Morgan fingerprint density at radius 2 is 1.94 bits per heavy atom. The summed E-state index contributed by atoms with van der Waals surface area (Å²) in [5.41, 5.74) is -0.0616. The Kier molecular flexibility index (Phi) is 6.03. The lowest BCUT2D eigenvalue weighted by atomic mass is 9.98. The van der Waals surface area contributed by atoms with Gasteiger partial charge in [0.2, 0.25) is 5.91 Å². The number of piperidine rings is 1. The van der Waals surface area contributed by atoms with Crippen molar-refractivity contribution in [2.45, 2.75) is 26.3 Å². The molecule has 2 aromatic heterocycles. The number of likely N-dealkylation sites (tertiary alicyclic amines) is 1. The standard InChI is InChI=1S/C22H23N3O5S/c1-2-30-21(28)15-7-6-11-23(13-15)18(26)14-24-17-10-12-31-19(17)20(27)25(22(24)29)16-8-4-3-5-9-16/h3-5,8-10,12,15H,2,6-7,11,13-14H2,1H3. The van der Waals surface area contributed by atoms with Gasteiger partial charge in [0.1, 0.15) is 11.2 Å². The largest absolute Gasteiger partial charge is 0.466 e. The number of nitrogens with zero attached hydrogens (tertiary/aromatic N) is 3. The number of aromatic nitrogens is 2. The van der Waals surface area contributed by atoms with Crippen LogP contribution in [0, 0.1) is 5.92 Å².